The maximum absolute atomic E-state index is 14.0. The highest BCUT2D eigenvalue weighted by molar-refractivity contribution is 14.1. The largest absolute Gasteiger partial charge is 0.501 e. The van der Waals surface area contributed by atoms with Gasteiger partial charge in [-0.25, -0.2) is 4.99 Å². The van der Waals surface area contributed by atoms with Crippen molar-refractivity contribution in [2.45, 2.75) is 18.9 Å². The third kappa shape index (κ3) is 4.29. The summed E-state index contributed by atoms with van der Waals surface area (Å²) in [6.07, 6.45) is 3.13. The molecule has 1 N–H and O–H groups in total. The van der Waals surface area contributed by atoms with E-state index in [1.807, 2.05) is 52.9 Å². The molecule has 202 valence electrons. The van der Waals surface area contributed by atoms with E-state index in [1.54, 1.807) is 30.9 Å². The van der Waals surface area contributed by atoms with E-state index >= 15 is 0 Å². The van der Waals surface area contributed by atoms with Gasteiger partial charge >= 0.3 is 5.69 Å². The van der Waals surface area contributed by atoms with Gasteiger partial charge in [-0.3, -0.25) is 19.5 Å². The van der Waals surface area contributed by atoms with Crippen LogP contribution >= 0.6 is 33.9 Å². The molecule has 2 aliphatic rings. The molecule has 4 aromatic rings. The molecule has 40 heavy (non-hydrogen) atoms. The zero-order valence-electron chi connectivity index (χ0n) is 21.4. The van der Waals surface area contributed by atoms with E-state index in [-0.39, 0.29) is 5.56 Å². The molecule has 0 saturated heterocycles. The van der Waals surface area contributed by atoms with E-state index in [9.17, 15) is 20.0 Å². The molecule has 6 rings (SSSR count). The molecule has 0 saturated carbocycles. The van der Waals surface area contributed by atoms with Gasteiger partial charge in [-0.1, -0.05) is 35.6 Å². The summed E-state index contributed by atoms with van der Waals surface area (Å²) in [6, 6.07) is 16.1. The van der Waals surface area contributed by atoms with Gasteiger partial charge in [0, 0.05) is 17.2 Å². The summed E-state index contributed by atoms with van der Waals surface area (Å²) in [4.78, 5) is 30.4. The maximum atomic E-state index is 14.0. The standard InChI is InChI=1S/C29H22IN3O6S/c1-38-17-8-10-23(39-2)20(14-17)26-19-9-7-16-5-3-4-6-18(16)25(19)31-29-32(26)28(35)24(40-29)13-15-11-21(30)27(34)22(12-15)33(36)37/h3-6,8,10-14,26,34H,7,9H2,1-2H3/b24-13+/t26-/m0/s1. The van der Waals surface area contributed by atoms with Crippen LogP contribution in [0, 0.1) is 13.7 Å². The molecule has 0 spiro atoms. The monoisotopic (exact) mass is 667 g/mol. The molecule has 3 aromatic carbocycles. The number of aromatic hydroxyl groups is 1. The summed E-state index contributed by atoms with van der Waals surface area (Å²) in [5.41, 5.74) is 4.63. The quantitative estimate of drug-likeness (QED) is 0.190. The van der Waals surface area contributed by atoms with Crippen molar-refractivity contribution in [3.63, 3.8) is 0 Å². The fraction of sp³-hybridized carbons (Fsp3) is 0.172. The fourth-order valence-electron chi connectivity index (χ4n) is 5.33. The summed E-state index contributed by atoms with van der Waals surface area (Å²) < 4.78 is 13.6. The molecule has 1 atom stereocenters. The second kappa shape index (κ2) is 10.2. The lowest BCUT2D eigenvalue weighted by Gasteiger charge is -2.31. The molecule has 9 nitrogen and oxygen atoms in total. The van der Waals surface area contributed by atoms with E-state index in [4.69, 9.17) is 14.5 Å². The van der Waals surface area contributed by atoms with Crippen LogP contribution in [0.3, 0.4) is 0 Å². The Morgan fingerprint density at radius 3 is 2.70 bits per heavy atom. The normalized spacial score (nSPS) is 16.1. The zero-order chi connectivity index (χ0) is 28.1. The number of phenolic OH excluding ortho intramolecular Hbond substituents is 1. The number of halogens is 1. The molecule has 1 aliphatic carbocycles. The molecule has 0 fully saturated rings. The van der Waals surface area contributed by atoms with Crippen LogP contribution in [0.1, 0.15) is 34.7 Å². The highest BCUT2D eigenvalue weighted by Gasteiger charge is 2.34. The molecule has 0 bridgehead atoms. The summed E-state index contributed by atoms with van der Waals surface area (Å²) in [5, 5.41) is 21.6. The van der Waals surface area contributed by atoms with Crippen molar-refractivity contribution in [2.24, 2.45) is 4.99 Å². The molecule has 1 aromatic heterocycles. The first-order chi connectivity index (χ1) is 19.3. The highest BCUT2D eigenvalue weighted by atomic mass is 127. The van der Waals surface area contributed by atoms with Gasteiger partial charge in [0.2, 0.25) is 5.75 Å². The average Bonchev–Trinajstić information content (AvgIpc) is 3.27. The topological polar surface area (TPSA) is 116 Å². The minimum absolute atomic E-state index is 0.269. The van der Waals surface area contributed by atoms with Crippen molar-refractivity contribution >= 4 is 51.4 Å². The first-order valence-corrected chi connectivity index (χ1v) is 14.2. The van der Waals surface area contributed by atoms with E-state index in [0.717, 1.165) is 28.8 Å². The molecular formula is C29H22IN3O6S. The number of allylic oxidation sites excluding steroid dienone is 1. The van der Waals surface area contributed by atoms with E-state index < -0.39 is 22.4 Å². The summed E-state index contributed by atoms with van der Waals surface area (Å²) in [7, 11) is 3.19. The minimum atomic E-state index is -0.642. The van der Waals surface area contributed by atoms with Crippen molar-refractivity contribution in [2.75, 3.05) is 14.2 Å². The van der Waals surface area contributed by atoms with Crippen LogP contribution in [0.15, 0.2) is 70.0 Å². The van der Waals surface area contributed by atoms with Gasteiger partial charge in [0.15, 0.2) is 4.80 Å². The molecule has 0 amide bonds. The molecule has 2 heterocycles. The van der Waals surface area contributed by atoms with Crippen molar-refractivity contribution < 1.29 is 19.5 Å². The number of rotatable bonds is 5. The zero-order valence-corrected chi connectivity index (χ0v) is 24.4. The Bertz CT molecular complexity index is 1930. The molecule has 0 unspecified atom stereocenters. The van der Waals surface area contributed by atoms with Crippen LogP contribution in [0.25, 0.3) is 11.8 Å². The predicted octanol–water partition coefficient (Wildman–Crippen LogP) is 4.55. The Kier molecular flexibility index (Phi) is 6.70. The fourth-order valence-corrected chi connectivity index (χ4v) is 6.97. The van der Waals surface area contributed by atoms with Crippen LogP contribution in [-0.2, 0) is 6.42 Å². The van der Waals surface area contributed by atoms with Gasteiger partial charge in [-0.2, -0.15) is 0 Å². The number of fused-ring (bicyclic) bond motifs is 3. The Morgan fingerprint density at radius 2 is 1.95 bits per heavy atom. The van der Waals surface area contributed by atoms with Crippen molar-refractivity contribution in [1.82, 2.24) is 4.57 Å². The predicted molar refractivity (Wildman–Crippen MR) is 160 cm³/mol. The summed E-state index contributed by atoms with van der Waals surface area (Å²) >= 11 is 3.06. The highest BCUT2D eigenvalue weighted by Crippen LogP contribution is 2.44. The Morgan fingerprint density at radius 1 is 1.15 bits per heavy atom. The third-order valence-electron chi connectivity index (χ3n) is 7.16. The summed E-state index contributed by atoms with van der Waals surface area (Å²) in [5.74, 6) is 0.858. The number of thiazole rings is 1. The number of aryl methyl sites for hydroxylation is 1. The Hall–Kier alpha value is -3.97. The third-order valence-corrected chi connectivity index (χ3v) is 8.97. The van der Waals surface area contributed by atoms with Crippen LogP contribution in [0.5, 0.6) is 17.2 Å². The van der Waals surface area contributed by atoms with E-state index in [1.165, 1.54) is 23.0 Å². The van der Waals surface area contributed by atoms with Crippen LogP contribution in [-0.4, -0.2) is 28.8 Å². The number of nitro groups is 1. The van der Waals surface area contributed by atoms with Gasteiger partial charge < -0.3 is 14.6 Å². The van der Waals surface area contributed by atoms with Gasteiger partial charge in [0.1, 0.15) is 11.5 Å². The SMILES string of the molecule is COc1ccc(OC)c([C@@H]2C3=C(N=c4s/c(=C/c5cc(I)c(O)c([N+](=O)[O-])c5)c(=O)n42)c2ccccc2CC3)c1. The van der Waals surface area contributed by atoms with Crippen LogP contribution < -0.4 is 24.4 Å². The smallest absolute Gasteiger partial charge is 0.312 e. The molecule has 0 radical (unpaired) electrons. The van der Waals surface area contributed by atoms with Crippen molar-refractivity contribution in [3.05, 3.63) is 116 Å². The minimum Gasteiger partial charge on any atom is -0.501 e. The van der Waals surface area contributed by atoms with Crippen LogP contribution in [0.4, 0.5) is 5.69 Å². The van der Waals surface area contributed by atoms with Gasteiger partial charge in [0.05, 0.1) is 39.0 Å². The first-order valence-electron chi connectivity index (χ1n) is 12.3. The van der Waals surface area contributed by atoms with Crippen molar-refractivity contribution in [3.8, 4) is 17.2 Å². The molecule has 1 aliphatic heterocycles. The van der Waals surface area contributed by atoms with Crippen LogP contribution in [0.2, 0.25) is 0 Å². The maximum Gasteiger partial charge on any atom is 0.312 e. The van der Waals surface area contributed by atoms with Gasteiger partial charge in [-0.05, 0) is 82.5 Å². The first kappa shape index (κ1) is 26.3. The summed E-state index contributed by atoms with van der Waals surface area (Å²) in [6.45, 7) is 0. The van der Waals surface area contributed by atoms with Gasteiger partial charge in [-0.15, -0.1) is 0 Å². The number of aromatic nitrogens is 1. The number of benzene rings is 3. The number of nitrogens with zero attached hydrogens (tertiary/aromatic N) is 3. The molecule has 11 heteroatoms. The number of nitro benzene ring substituents is 1. The second-order valence-corrected chi connectivity index (χ2v) is 11.5. The Balaban J connectivity index is 1.64. The average molecular weight is 667 g/mol. The second-order valence-electron chi connectivity index (χ2n) is 9.35. The van der Waals surface area contributed by atoms with E-state index in [0.29, 0.717) is 36.4 Å². The number of ether oxygens (including phenoxy) is 2. The number of methoxy groups -OCH3 is 2. The lowest BCUT2D eigenvalue weighted by atomic mass is 9.83. The number of phenols is 1. The lowest BCUT2D eigenvalue weighted by Crippen LogP contribution is -2.39. The lowest BCUT2D eigenvalue weighted by molar-refractivity contribution is -0.386. The number of hydrogen-bond acceptors (Lipinski definition) is 8. The number of hydrogen-bond donors (Lipinski definition) is 1. The van der Waals surface area contributed by atoms with Crippen molar-refractivity contribution in [1.29, 1.82) is 0 Å². The van der Waals surface area contributed by atoms with Gasteiger partial charge in [0.25, 0.3) is 5.56 Å². The van der Waals surface area contributed by atoms with E-state index in [2.05, 4.69) is 12.1 Å². The Labute approximate surface area is 245 Å². The molecular weight excluding hydrogens is 645 g/mol.